The van der Waals surface area contributed by atoms with Crippen molar-refractivity contribution in [3.05, 3.63) is 11.5 Å². The smallest absolute Gasteiger partial charge is 0.146 e. The van der Waals surface area contributed by atoms with Gasteiger partial charge >= 0.3 is 0 Å². The molecule has 2 rings (SSSR count). The molecule has 0 aromatic carbocycles. The average molecular weight is 180 g/mol. The number of rotatable bonds is 1. The highest BCUT2D eigenvalue weighted by Gasteiger charge is 2.23. The van der Waals surface area contributed by atoms with Crippen LogP contribution in [0.25, 0.3) is 0 Å². The zero-order valence-electron chi connectivity index (χ0n) is 7.95. The Labute approximate surface area is 77.9 Å². The lowest BCUT2D eigenvalue weighted by Gasteiger charge is -2.05. The molecule has 13 heavy (non-hydrogen) atoms. The predicted molar refractivity (Wildman–Crippen MR) is 52.7 cm³/mol. The highest BCUT2D eigenvalue weighted by Crippen LogP contribution is 2.35. The molecule has 1 aromatic rings. The molecule has 4 heteroatoms. The van der Waals surface area contributed by atoms with Gasteiger partial charge in [-0.3, -0.25) is 0 Å². The Bertz CT molecular complexity index is 310. The molecular weight excluding hydrogens is 164 g/mol. The lowest BCUT2D eigenvalue weighted by atomic mass is 10.0. The summed E-state index contributed by atoms with van der Waals surface area (Å²) in [5, 5.41) is 0. The van der Waals surface area contributed by atoms with Gasteiger partial charge in [-0.05, 0) is 19.8 Å². The van der Waals surface area contributed by atoms with Crippen molar-refractivity contribution < 1.29 is 0 Å². The second kappa shape index (κ2) is 2.94. The van der Waals surface area contributed by atoms with Gasteiger partial charge in [0.1, 0.15) is 11.6 Å². The predicted octanol–water partition coefficient (Wildman–Crippen LogP) is 1.15. The third kappa shape index (κ3) is 1.26. The van der Waals surface area contributed by atoms with Crippen molar-refractivity contribution in [2.24, 2.45) is 0 Å². The molecule has 0 spiro atoms. The van der Waals surface area contributed by atoms with Gasteiger partial charge in [0.25, 0.3) is 0 Å². The van der Waals surface area contributed by atoms with Gasteiger partial charge in [-0.15, -0.1) is 0 Å². The van der Waals surface area contributed by atoms with Gasteiger partial charge < -0.3 is 11.6 Å². The quantitative estimate of drug-likeness (QED) is 0.637. The van der Waals surface area contributed by atoms with Crippen LogP contribution in [0, 0.1) is 6.92 Å². The molecule has 1 aliphatic carbocycles. The first-order valence-electron chi connectivity index (χ1n) is 4.80. The van der Waals surface area contributed by atoms with E-state index in [4.69, 9.17) is 11.6 Å². The average Bonchev–Trinajstić information content (AvgIpc) is 2.70. The van der Waals surface area contributed by atoms with Crippen LogP contribution in [0.5, 0.6) is 0 Å². The molecule has 4 N–H and O–H groups in total. The minimum absolute atomic E-state index is 0.545. The van der Waals surface area contributed by atoms with Gasteiger partial charge in [0.05, 0.1) is 5.69 Å². The molecule has 0 radical (unpaired) electrons. The van der Waals surface area contributed by atoms with E-state index in [0.29, 0.717) is 11.7 Å². The van der Waals surface area contributed by atoms with Gasteiger partial charge in [-0.1, -0.05) is 12.8 Å². The zero-order chi connectivity index (χ0) is 9.42. The van der Waals surface area contributed by atoms with E-state index < -0.39 is 0 Å². The third-order valence-electron chi connectivity index (χ3n) is 2.89. The number of hydrogen-bond donors (Lipinski definition) is 2. The molecule has 0 amide bonds. The minimum Gasteiger partial charge on any atom is -0.382 e. The molecule has 4 nitrogen and oxygen atoms in total. The van der Waals surface area contributed by atoms with E-state index in [1.54, 1.807) is 0 Å². The van der Waals surface area contributed by atoms with Gasteiger partial charge in [0.2, 0.25) is 0 Å². The molecule has 1 saturated carbocycles. The molecule has 1 heterocycles. The molecular formula is C9H16N4. The summed E-state index contributed by atoms with van der Waals surface area (Å²) in [6.07, 6.45) is 5.00. The summed E-state index contributed by atoms with van der Waals surface area (Å²) in [4.78, 5) is 4.40. The largest absolute Gasteiger partial charge is 0.382 e. The van der Waals surface area contributed by atoms with E-state index >= 15 is 0 Å². The Balaban J connectivity index is 2.34. The second-order valence-corrected chi connectivity index (χ2v) is 3.78. The highest BCUT2D eigenvalue weighted by atomic mass is 15.4. The van der Waals surface area contributed by atoms with Crippen molar-refractivity contribution in [1.29, 1.82) is 0 Å². The Kier molecular flexibility index (Phi) is 1.90. The van der Waals surface area contributed by atoms with Crippen LogP contribution in [-0.2, 0) is 0 Å². The molecule has 0 atom stereocenters. The number of aromatic nitrogens is 2. The topological polar surface area (TPSA) is 69.9 Å². The first-order chi connectivity index (χ1) is 6.20. The van der Waals surface area contributed by atoms with Crippen LogP contribution in [0.3, 0.4) is 0 Å². The number of hydrogen-bond acceptors (Lipinski definition) is 3. The molecule has 0 unspecified atom stereocenters. The molecule has 1 aromatic heterocycles. The first-order valence-corrected chi connectivity index (χ1v) is 4.80. The fourth-order valence-corrected chi connectivity index (χ4v) is 2.08. The minimum atomic E-state index is 0.545. The standard InChI is InChI=1S/C9H16N4/c1-6-12-8(9(10)13(6)11)7-4-2-3-5-7/h7H,2-5,10-11H2,1H3. The van der Waals surface area contributed by atoms with Crippen molar-refractivity contribution in [2.75, 3.05) is 11.6 Å². The lowest BCUT2D eigenvalue weighted by molar-refractivity contribution is 0.703. The Morgan fingerprint density at radius 1 is 1.38 bits per heavy atom. The summed E-state index contributed by atoms with van der Waals surface area (Å²) in [6, 6.07) is 0. The Morgan fingerprint density at radius 3 is 2.46 bits per heavy atom. The van der Waals surface area contributed by atoms with E-state index in [0.717, 1.165) is 11.5 Å². The number of anilines is 1. The molecule has 1 aliphatic rings. The van der Waals surface area contributed by atoms with Crippen molar-refractivity contribution in [3.8, 4) is 0 Å². The Morgan fingerprint density at radius 2 is 2.00 bits per heavy atom. The van der Waals surface area contributed by atoms with Gasteiger partial charge in [-0.2, -0.15) is 0 Å². The van der Waals surface area contributed by atoms with Crippen LogP contribution >= 0.6 is 0 Å². The van der Waals surface area contributed by atoms with E-state index in [1.807, 2.05) is 6.92 Å². The summed E-state index contributed by atoms with van der Waals surface area (Å²) < 4.78 is 1.48. The van der Waals surface area contributed by atoms with Crippen molar-refractivity contribution in [1.82, 2.24) is 9.66 Å². The number of imidazole rings is 1. The van der Waals surface area contributed by atoms with Crippen LogP contribution in [0.1, 0.15) is 43.1 Å². The third-order valence-corrected chi connectivity index (χ3v) is 2.89. The summed E-state index contributed by atoms with van der Waals surface area (Å²) in [5.74, 6) is 7.69. The van der Waals surface area contributed by atoms with Crippen LogP contribution < -0.4 is 11.6 Å². The summed E-state index contributed by atoms with van der Waals surface area (Å²) in [5.41, 5.74) is 6.87. The first kappa shape index (κ1) is 8.41. The van der Waals surface area contributed by atoms with E-state index in [2.05, 4.69) is 4.98 Å². The maximum absolute atomic E-state index is 5.86. The molecule has 0 saturated heterocycles. The van der Waals surface area contributed by atoms with Crippen molar-refractivity contribution >= 4 is 5.82 Å². The van der Waals surface area contributed by atoms with Crippen LogP contribution in [-0.4, -0.2) is 9.66 Å². The molecule has 72 valence electrons. The number of nitrogens with zero attached hydrogens (tertiary/aromatic N) is 2. The number of nitrogen functional groups attached to an aromatic ring is 2. The van der Waals surface area contributed by atoms with Crippen molar-refractivity contribution in [3.63, 3.8) is 0 Å². The van der Waals surface area contributed by atoms with Crippen LogP contribution in [0.4, 0.5) is 5.82 Å². The number of nitrogens with two attached hydrogens (primary N) is 2. The highest BCUT2D eigenvalue weighted by molar-refractivity contribution is 5.40. The normalized spacial score (nSPS) is 18.2. The fraction of sp³-hybridized carbons (Fsp3) is 0.667. The maximum atomic E-state index is 5.86. The monoisotopic (exact) mass is 180 g/mol. The second-order valence-electron chi connectivity index (χ2n) is 3.78. The summed E-state index contributed by atoms with van der Waals surface area (Å²) >= 11 is 0. The van der Waals surface area contributed by atoms with E-state index in [-0.39, 0.29) is 0 Å². The fourth-order valence-electron chi connectivity index (χ4n) is 2.08. The SMILES string of the molecule is Cc1nc(C2CCCC2)c(N)n1N. The van der Waals surface area contributed by atoms with Gasteiger partial charge in [0.15, 0.2) is 0 Å². The van der Waals surface area contributed by atoms with Crippen molar-refractivity contribution in [2.45, 2.75) is 38.5 Å². The van der Waals surface area contributed by atoms with Gasteiger partial charge in [-0.25, -0.2) is 9.66 Å². The Hall–Kier alpha value is -1.19. The molecule has 0 bridgehead atoms. The maximum Gasteiger partial charge on any atom is 0.146 e. The summed E-state index contributed by atoms with van der Waals surface area (Å²) in [7, 11) is 0. The lowest BCUT2D eigenvalue weighted by Crippen LogP contribution is -2.13. The summed E-state index contributed by atoms with van der Waals surface area (Å²) in [6.45, 7) is 1.88. The number of aryl methyl sites for hydroxylation is 1. The van der Waals surface area contributed by atoms with E-state index in [9.17, 15) is 0 Å². The molecule has 0 aliphatic heterocycles. The molecule has 1 fully saturated rings. The van der Waals surface area contributed by atoms with Crippen LogP contribution in [0.2, 0.25) is 0 Å². The van der Waals surface area contributed by atoms with E-state index in [1.165, 1.54) is 30.4 Å². The van der Waals surface area contributed by atoms with Gasteiger partial charge in [0, 0.05) is 5.92 Å². The zero-order valence-corrected chi connectivity index (χ0v) is 7.95. The van der Waals surface area contributed by atoms with Crippen LogP contribution in [0.15, 0.2) is 0 Å².